The van der Waals surface area contributed by atoms with Crippen LogP contribution < -0.4 is 4.72 Å². The van der Waals surface area contributed by atoms with E-state index in [0.29, 0.717) is 0 Å². The van der Waals surface area contributed by atoms with Crippen molar-refractivity contribution < 1.29 is 13.3 Å². The molecule has 2 nitrogen and oxygen atoms in total. The second kappa shape index (κ2) is 5.33. The second-order valence-corrected chi connectivity index (χ2v) is 6.85. The lowest BCUT2D eigenvalue weighted by Gasteiger charge is -2.26. The lowest BCUT2D eigenvalue weighted by atomic mass is 10.1. The topological polar surface area (TPSA) is 35.1 Å². The van der Waals surface area contributed by atoms with E-state index in [0.717, 1.165) is 0 Å². The van der Waals surface area contributed by atoms with Crippen molar-refractivity contribution in [3.8, 4) is 0 Å². The van der Waals surface area contributed by atoms with Gasteiger partial charge in [0.05, 0.1) is 6.04 Å². The normalized spacial score (nSPS) is 15.7. The largest absolute Gasteiger partial charge is 0.598 e. The molecule has 1 N–H and O–H groups in total. The molecule has 0 radical (unpaired) electrons. The van der Waals surface area contributed by atoms with E-state index in [-0.39, 0.29) is 5.56 Å². The molecule has 2 atom stereocenters. The van der Waals surface area contributed by atoms with Gasteiger partial charge < -0.3 is 4.55 Å². The summed E-state index contributed by atoms with van der Waals surface area (Å²) < 4.78 is 41.0. The van der Waals surface area contributed by atoms with Gasteiger partial charge in [-0.3, -0.25) is 0 Å². The average Bonchev–Trinajstić information content (AvgIpc) is 2.15. The van der Waals surface area contributed by atoms with Gasteiger partial charge in [-0.15, -0.1) is 4.72 Å². The number of rotatable bonds is 3. The van der Waals surface area contributed by atoms with E-state index < -0.39 is 33.8 Å². The third-order valence-electron chi connectivity index (χ3n) is 2.27. The Hall–Kier alpha value is -0.650. The molecule has 5 heteroatoms. The minimum absolute atomic E-state index is 0.0786. The summed E-state index contributed by atoms with van der Waals surface area (Å²) in [6.45, 7) is 6.97. The van der Waals surface area contributed by atoms with Crippen LogP contribution in [0, 0.1) is 11.6 Å². The van der Waals surface area contributed by atoms with Crippen LogP contribution in [-0.4, -0.2) is 9.30 Å². The first kappa shape index (κ1) is 14.4. The fourth-order valence-electron chi connectivity index (χ4n) is 1.32. The first-order chi connectivity index (χ1) is 7.73. The van der Waals surface area contributed by atoms with E-state index in [4.69, 9.17) is 0 Å². The van der Waals surface area contributed by atoms with Crippen LogP contribution in [0.15, 0.2) is 18.2 Å². The Balaban J connectivity index is 2.87. The van der Waals surface area contributed by atoms with E-state index >= 15 is 0 Å². The van der Waals surface area contributed by atoms with Crippen molar-refractivity contribution in [1.82, 2.24) is 4.72 Å². The SMILES string of the molecule is C[C@H](N[S+]([O-])C(C)(C)C)c1c(F)cccc1F. The molecule has 0 aliphatic carbocycles. The monoisotopic (exact) mass is 261 g/mol. The molecule has 1 aromatic carbocycles. The summed E-state index contributed by atoms with van der Waals surface area (Å²) in [5.74, 6) is -1.26. The van der Waals surface area contributed by atoms with Crippen molar-refractivity contribution in [2.24, 2.45) is 0 Å². The summed E-state index contributed by atoms with van der Waals surface area (Å²) in [5.41, 5.74) is -0.0786. The van der Waals surface area contributed by atoms with Crippen molar-refractivity contribution in [2.45, 2.75) is 38.5 Å². The first-order valence-electron chi connectivity index (χ1n) is 5.35. The summed E-state index contributed by atoms with van der Waals surface area (Å²) in [7, 11) is 0. The number of hydrogen-bond acceptors (Lipinski definition) is 2. The molecule has 0 amide bonds. The fraction of sp³-hybridized carbons (Fsp3) is 0.500. The smallest absolute Gasteiger partial charge is 0.136 e. The van der Waals surface area contributed by atoms with Gasteiger partial charge >= 0.3 is 0 Å². The molecule has 0 bridgehead atoms. The van der Waals surface area contributed by atoms with Crippen molar-refractivity contribution in [3.63, 3.8) is 0 Å². The van der Waals surface area contributed by atoms with Gasteiger partial charge in [0.1, 0.15) is 16.4 Å². The Labute approximate surface area is 104 Å². The van der Waals surface area contributed by atoms with Crippen molar-refractivity contribution in [1.29, 1.82) is 0 Å². The maximum atomic E-state index is 13.5. The lowest BCUT2D eigenvalue weighted by Crippen LogP contribution is -2.40. The van der Waals surface area contributed by atoms with Gasteiger partial charge in [-0.1, -0.05) is 6.07 Å². The van der Waals surface area contributed by atoms with Crippen molar-refractivity contribution in [2.75, 3.05) is 0 Å². The van der Waals surface area contributed by atoms with Gasteiger partial charge in [-0.05, 0) is 39.8 Å². The molecule has 0 heterocycles. The van der Waals surface area contributed by atoms with Crippen molar-refractivity contribution >= 4 is 11.4 Å². The molecule has 17 heavy (non-hydrogen) atoms. The van der Waals surface area contributed by atoms with Gasteiger partial charge in [0.15, 0.2) is 0 Å². The zero-order chi connectivity index (χ0) is 13.2. The lowest BCUT2D eigenvalue weighted by molar-refractivity contribution is 0.501. The summed E-state index contributed by atoms with van der Waals surface area (Å²) in [6, 6.07) is 3.05. The molecule has 0 saturated heterocycles. The Morgan fingerprint density at radius 1 is 1.24 bits per heavy atom. The molecule has 1 unspecified atom stereocenters. The van der Waals surface area contributed by atoms with Crippen LogP contribution in [0.3, 0.4) is 0 Å². The summed E-state index contributed by atoms with van der Waals surface area (Å²) >= 11 is -1.37. The fourth-order valence-corrected chi connectivity index (χ4v) is 2.11. The van der Waals surface area contributed by atoms with Crippen molar-refractivity contribution in [3.05, 3.63) is 35.4 Å². The second-order valence-electron chi connectivity index (χ2n) is 4.86. The van der Waals surface area contributed by atoms with Crippen LogP contribution in [0.25, 0.3) is 0 Å². The average molecular weight is 261 g/mol. The Morgan fingerprint density at radius 3 is 2.12 bits per heavy atom. The molecule has 0 spiro atoms. The van der Waals surface area contributed by atoms with Crippen LogP contribution in [0.1, 0.15) is 39.3 Å². The number of hydrogen-bond donors (Lipinski definition) is 1. The third-order valence-corrected chi connectivity index (χ3v) is 3.95. The summed E-state index contributed by atoms with van der Waals surface area (Å²) in [6.07, 6.45) is 0. The predicted octanol–water partition coefficient (Wildman–Crippen LogP) is 3.08. The molecule has 0 aromatic heterocycles. The zero-order valence-electron chi connectivity index (χ0n) is 10.4. The van der Waals surface area contributed by atoms with E-state index in [9.17, 15) is 13.3 Å². The number of nitrogens with one attached hydrogen (secondary N) is 1. The predicted molar refractivity (Wildman–Crippen MR) is 65.8 cm³/mol. The Bertz CT molecular complexity index is 372. The highest BCUT2D eigenvalue weighted by Crippen LogP contribution is 2.23. The van der Waals surface area contributed by atoms with Gasteiger partial charge in [0.25, 0.3) is 0 Å². The molecule has 0 fully saturated rings. The maximum absolute atomic E-state index is 13.5. The Morgan fingerprint density at radius 2 is 1.71 bits per heavy atom. The van der Waals surface area contributed by atoms with Gasteiger partial charge in [-0.2, -0.15) is 0 Å². The van der Waals surface area contributed by atoms with E-state index in [1.165, 1.54) is 18.2 Å². The van der Waals surface area contributed by atoms with Crippen LogP contribution in [0.5, 0.6) is 0 Å². The Kier molecular flexibility index (Phi) is 4.52. The standard InChI is InChI=1S/C12H17F2NOS/c1-8(15-17(16)12(2,3)4)11-9(13)6-5-7-10(11)14/h5-8,15H,1-4H3/t8-,17?/m0/s1. The highest BCUT2D eigenvalue weighted by Gasteiger charge is 2.29. The molecule has 0 aliphatic heterocycles. The van der Waals surface area contributed by atoms with E-state index in [2.05, 4.69) is 4.72 Å². The highest BCUT2D eigenvalue weighted by molar-refractivity contribution is 7.90. The maximum Gasteiger partial charge on any atom is 0.136 e. The quantitative estimate of drug-likeness (QED) is 0.849. The third kappa shape index (κ3) is 3.66. The zero-order valence-corrected chi connectivity index (χ0v) is 11.2. The molecule has 0 aliphatic rings. The molecule has 0 saturated carbocycles. The molecule has 1 rings (SSSR count). The molecule has 1 aromatic rings. The molecular formula is C12H17F2NOS. The van der Waals surface area contributed by atoms with Crippen LogP contribution in [-0.2, 0) is 11.4 Å². The molecule has 96 valence electrons. The van der Waals surface area contributed by atoms with E-state index in [1.54, 1.807) is 27.7 Å². The molecular weight excluding hydrogens is 244 g/mol. The van der Waals surface area contributed by atoms with Gasteiger partial charge in [0, 0.05) is 16.9 Å². The summed E-state index contributed by atoms with van der Waals surface area (Å²) in [5, 5.41) is 0. The minimum atomic E-state index is -1.37. The van der Waals surface area contributed by atoms with E-state index in [1.807, 2.05) is 0 Å². The summed E-state index contributed by atoms with van der Waals surface area (Å²) in [4.78, 5) is 0. The number of halogens is 2. The van der Waals surface area contributed by atoms with Crippen LogP contribution in [0.2, 0.25) is 0 Å². The van der Waals surface area contributed by atoms with Gasteiger partial charge in [-0.25, -0.2) is 8.78 Å². The highest BCUT2D eigenvalue weighted by atomic mass is 32.2. The number of benzene rings is 1. The minimum Gasteiger partial charge on any atom is -0.598 e. The first-order valence-corrected chi connectivity index (χ1v) is 6.50. The van der Waals surface area contributed by atoms with Crippen LogP contribution in [0.4, 0.5) is 8.78 Å². The van der Waals surface area contributed by atoms with Gasteiger partial charge in [0.2, 0.25) is 0 Å². The van der Waals surface area contributed by atoms with Crippen LogP contribution >= 0.6 is 0 Å².